The van der Waals surface area contributed by atoms with E-state index in [2.05, 4.69) is 10.3 Å². The van der Waals surface area contributed by atoms with Gasteiger partial charge in [-0.15, -0.1) is 0 Å². The summed E-state index contributed by atoms with van der Waals surface area (Å²) in [4.78, 5) is 16.5. The van der Waals surface area contributed by atoms with E-state index in [1.54, 1.807) is 24.3 Å². The molecule has 1 aromatic carbocycles. The lowest BCUT2D eigenvalue weighted by molar-refractivity contribution is -0.321. The second kappa shape index (κ2) is 5.34. The van der Waals surface area contributed by atoms with Gasteiger partial charge in [0, 0.05) is 17.8 Å². The zero-order valence-electron chi connectivity index (χ0n) is 13.0. The highest BCUT2D eigenvalue weighted by Gasteiger charge is 2.84. The molecule has 2 fully saturated rings. The van der Waals surface area contributed by atoms with Gasteiger partial charge in [-0.25, -0.2) is 18.2 Å². The highest BCUT2D eigenvalue weighted by atomic mass is 32.1. The van der Waals surface area contributed by atoms with Crippen molar-refractivity contribution in [2.45, 2.75) is 30.6 Å². The van der Waals surface area contributed by atoms with Gasteiger partial charge in [-0.1, -0.05) is 23.5 Å². The number of nitrogens with zero attached hydrogens (tertiary/aromatic N) is 1. The minimum atomic E-state index is -5.75. The van der Waals surface area contributed by atoms with Crippen molar-refractivity contribution in [3.05, 3.63) is 24.3 Å². The van der Waals surface area contributed by atoms with Gasteiger partial charge in [0.15, 0.2) is 5.13 Å². The van der Waals surface area contributed by atoms with Crippen molar-refractivity contribution in [2.24, 2.45) is 17.8 Å². The normalized spacial score (nSPS) is 32.9. The summed E-state index contributed by atoms with van der Waals surface area (Å²) in [6, 6.07) is 6.92. The van der Waals surface area contributed by atoms with Crippen LogP contribution in [-0.4, -0.2) is 28.7 Å². The number of halogens is 6. The van der Waals surface area contributed by atoms with Gasteiger partial charge in [0.05, 0.1) is 10.2 Å². The lowest BCUT2D eigenvalue weighted by Gasteiger charge is -2.40. The van der Waals surface area contributed by atoms with Crippen LogP contribution in [0.3, 0.4) is 0 Å². The first kappa shape index (κ1) is 17.6. The number of amides is 1. The number of hydrogen-bond acceptors (Lipinski definition) is 3. The molecule has 0 spiro atoms. The van der Waals surface area contributed by atoms with Crippen molar-refractivity contribution in [3.63, 3.8) is 0 Å². The Balaban J connectivity index is 1.60. The van der Waals surface area contributed by atoms with Crippen molar-refractivity contribution in [1.82, 2.24) is 4.98 Å². The van der Waals surface area contributed by atoms with E-state index in [0.717, 1.165) is 16.0 Å². The average molecular weight is 394 g/mol. The Morgan fingerprint density at radius 3 is 2.50 bits per heavy atom. The Kier molecular flexibility index (Phi) is 3.61. The molecule has 1 aromatic heterocycles. The third kappa shape index (κ3) is 2.20. The Labute approximate surface area is 147 Å². The first-order chi connectivity index (χ1) is 12.1. The molecular formula is C16H12F6N2OS. The van der Waals surface area contributed by atoms with Gasteiger partial charge >= 0.3 is 6.18 Å². The summed E-state index contributed by atoms with van der Waals surface area (Å²) in [7, 11) is 0. The molecule has 2 aliphatic carbocycles. The fourth-order valence-corrected chi connectivity index (χ4v) is 5.00. The molecular weight excluding hydrogens is 382 g/mol. The van der Waals surface area contributed by atoms with Gasteiger partial charge in [0.2, 0.25) is 5.91 Å². The summed E-state index contributed by atoms with van der Waals surface area (Å²) < 4.78 is 82.5. The van der Waals surface area contributed by atoms with Crippen molar-refractivity contribution in [3.8, 4) is 0 Å². The van der Waals surface area contributed by atoms with Crippen LogP contribution in [0.15, 0.2) is 24.3 Å². The molecule has 2 aliphatic rings. The number of hydrogen-bond donors (Lipinski definition) is 1. The maximum absolute atomic E-state index is 14.5. The molecule has 140 valence electrons. The van der Waals surface area contributed by atoms with Crippen LogP contribution in [0.2, 0.25) is 0 Å². The highest BCUT2D eigenvalue weighted by molar-refractivity contribution is 7.22. The number of benzene rings is 1. The van der Waals surface area contributed by atoms with Crippen LogP contribution in [0.1, 0.15) is 12.8 Å². The summed E-state index contributed by atoms with van der Waals surface area (Å²) in [5.74, 6) is -10.8. The molecule has 0 aliphatic heterocycles. The zero-order chi connectivity index (χ0) is 18.9. The van der Waals surface area contributed by atoms with E-state index in [4.69, 9.17) is 0 Å². The van der Waals surface area contributed by atoms with Gasteiger partial charge in [-0.3, -0.25) is 4.79 Å². The minimum Gasteiger partial charge on any atom is -0.302 e. The number of nitrogens with one attached hydrogen (secondary N) is 1. The van der Waals surface area contributed by atoms with Crippen molar-refractivity contribution in [1.29, 1.82) is 0 Å². The van der Waals surface area contributed by atoms with Gasteiger partial charge < -0.3 is 5.32 Å². The van der Waals surface area contributed by atoms with Crippen LogP contribution < -0.4 is 5.32 Å². The van der Waals surface area contributed by atoms with E-state index in [9.17, 15) is 31.1 Å². The van der Waals surface area contributed by atoms with Crippen LogP contribution in [0, 0.1) is 17.8 Å². The maximum atomic E-state index is 14.5. The van der Waals surface area contributed by atoms with E-state index in [1.807, 2.05) is 0 Å². The predicted octanol–water partition coefficient (Wildman–Crippen LogP) is 4.80. The largest absolute Gasteiger partial charge is 0.428 e. The molecule has 4 rings (SSSR count). The number of carbonyl (C=O) groups is 1. The third-order valence-electron chi connectivity index (χ3n) is 5.34. The molecule has 0 saturated heterocycles. The molecule has 10 heteroatoms. The number of carbonyl (C=O) groups excluding carboxylic acids is 1. The predicted molar refractivity (Wildman–Crippen MR) is 82.8 cm³/mol. The second-order valence-corrected chi connectivity index (χ2v) is 7.72. The van der Waals surface area contributed by atoms with Gasteiger partial charge in [-0.05, 0) is 25.0 Å². The highest BCUT2D eigenvalue weighted by Crippen LogP contribution is 2.68. The molecule has 0 radical (unpaired) electrons. The van der Waals surface area contributed by atoms with Gasteiger partial charge in [0.25, 0.3) is 11.6 Å². The summed E-state index contributed by atoms with van der Waals surface area (Å²) in [5, 5.41) is 2.51. The smallest absolute Gasteiger partial charge is 0.302 e. The topological polar surface area (TPSA) is 42.0 Å². The van der Waals surface area contributed by atoms with Crippen LogP contribution in [0.25, 0.3) is 10.2 Å². The molecule has 2 saturated carbocycles. The molecule has 1 amide bonds. The van der Waals surface area contributed by atoms with Crippen LogP contribution in [-0.2, 0) is 4.79 Å². The van der Waals surface area contributed by atoms with Crippen LogP contribution in [0.4, 0.5) is 31.5 Å². The van der Waals surface area contributed by atoms with E-state index < -0.39 is 54.3 Å². The maximum Gasteiger partial charge on any atom is 0.428 e. The molecule has 26 heavy (non-hydrogen) atoms. The first-order valence-electron chi connectivity index (χ1n) is 7.85. The number of rotatable bonds is 2. The van der Waals surface area contributed by atoms with E-state index in [0.29, 0.717) is 5.52 Å². The lowest BCUT2D eigenvalue weighted by atomic mass is 9.75. The van der Waals surface area contributed by atoms with E-state index in [-0.39, 0.29) is 5.13 Å². The lowest BCUT2D eigenvalue weighted by Crippen LogP contribution is -2.61. The summed E-state index contributed by atoms with van der Waals surface area (Å²) in [6.07, 6.45) is -6.89. The quantitative estimate of drug-likeness (QED) is 0.744. The Bertz CT molecular complexity index is 848. The summed E-state index contributed by atoms with van der Waals surface area (Å²) in [6.45, 7) is 0. The van der Waals surface area contributed by atoms with Gasteiger partial charge in [-0.2, -0.15) is 13.2 Å². The number of alkyl halides is 6. The number of thiazole rings is 1. The minimum absolute atomic E-state index is 0.141. The monoisotopic (exact) mass is 394 g/mol. The fraction of sp³-hybridized carbons (Fsp3) is 0.500. The van der Waals surface area contributed by atoms with Crippen LogP contribution >= 0.6 is 11.3 Å². The Hall–Kier alpha value is -1.84. The van der Waals surface area contributed by atoms with Crippen molar-refractivity contribution < 1.29 is 31.1 Å². The van der Waals surface area contributed by atoms with Gasteiger partial charge in [0.1, 0.15) is 0 Å². The molecule has 0 unspecified atom stereocenters. The molecule has 2 aromatic rings. The van der Waals surface area contributed by atoms with Crippen molar-refractivity contribution >= 4 is 32.6 Å². The summed E-state index contributed by atoms with van der Waals surface area (Å²) >= 11 is 1.10. The number of para-hydroxylation sites is 1. The Morgan fingerprint density at radius 1 is 1.19 bits per heavy atom. The molecule has 1 heterocycles. The average Bonchev–Trinajstić information content (AvgIpc) is 3.20. The fourth-order valence-electron chi connectivity index (χ4n) is 4.13. The van der Waals surface area contributed by atoms with Crippen LogP contribution in [0.5, 0.6) is 0 Å². The number of fused-ring (bicyclic) bond motifs is 3. The number of aromatic nitrogens is 1. The molecule has 3 nitrogen and oxygen atoms in total. The standard InChI is InChI=1S/C16H12F6N2OS/c17-14(16(20,21)22)9-6-7(15(14,18)19)5-8(9)12(25)24-13-23-10-3-1-2-4-11(10)26-13/h1-4,7-9H,5-6H2,(H,23,24,25)/t7-,8-,9+,14+/m0/s1. The summed E-state index contributed by atoms with van der Waals surface area (Å²) in [5.41, 5.74) is -4.10. The Morgan fingerprint density at radius 2 is 1.88 bits per heavy atom. The third-order valence-corrected chi connectivity index (χ3v) is 6.30. The zero-order valence-corrected chi connectivity index (χ0v) is 13.8. The molecule has 1 N–H and O–H groups in total. The first-order valence-corrected chi connectivity index (χ1v) is 8.67. The van der Waals surface area contributed by atoms with Crippen molar-refractivity contribution in [2.75, 3.05) is 5.32 Å². The number of anilines is 1. The second-order valence-electron chi connectivity index (χ2n) is 6.69. The SMILES string of the molecule is O=C(Nc1nc2ccccc2s1)[C@H]1C[C@H]2C[C@H]1[C@](F)(C(F)(F)F)C2(F)F. The molecule has 4 atom stereocenters. The van der Waals surface area contributed by atoms with E-state index >= 15 is 0 Å². The molecule has 2 bridgehead atoms. The van der Waals surface area contributed by atoms with E-state index in [1.165, 1.54) is 0 Å².